The van der Waals surface area contributed by atoms with Gasteiger partial charge in [-0.1, -0.05) is 30.3 Å². The molecule has 0 atom stereocenters. The molecule has 1 aromatic carbocycles. The molecule has 0 fully saturated rings. The zero-order chi connectivity index (χ0) is 19.2. The molecule has 0 aliphatic carbocycles. The molecular formula is C20H21N3O3S. The van der Waals surface area contributed by atoms with Crippen LogP contribution >= 0.6 is 11.3 Å². The Hall–Kier alpha value is -2.93. The number of thiazole rings is 1. The summed E-state index contributed by atoms with van der Waals surface area (Å²) in [5.41, 5.74) is 1.62. The molecule has 0 saturated heterocycles. The van der Waals surface area contributed by atoms with E-state index < -0.39 is 0 Å². The Kier molecular flexibility index (Phi) is 6.03. The van der Waals surface area contributed by atoms with E-state index in [4.69, 9.17) is 4.42 Å². The Morgan fingerprint density at radius 1 is 1.04 bits per heavy atom. The minimum absolute atomic E-state index is 0.0695. The van der Waals surface area contributed by atoms with Crippen LogP contribution < -0.4 is 10.6 Å². The molecule has 2 aromatic heterocycles. The fraction of sp³-hybridized carbons (Fsp3) is 0.250. The summed E-state index contributed by atoms with van der Waals surface area (Å²) in [6, 6.07) is 13.2. The van der Waals surface area contributed by atoms with E-state index in [0.717, 1.165) is 11.3 Å². The Balaban J connectivity index is 1.47. The number of nitrogens with one attached hydrogen (secondary N) is 2. The van der Waals surface area contributed by atoms with Crippen LogP contribution in [0.3, 0.4) is 0 Å². The van der Waals surface area contributed by atoms with Gasteiger partial charge in [0, 0.05) is 13.1 Å². The molecule has 0 unspecified atom stereocenters. The lowest BCUT2D eigenvalue weighted by molar-refractivity contribution is -0.120. The van der Waals surface area contributed by atoms with E-state index in [-0.39, 0.29) is 11.8 Å². The maximum atomic E-state index is 12.4. The number of amides is 2. The maximum absolute atomic E-state index is 12.4. The second kappa shape index (κ2) is 8.64. The van der Waals surface area contributed by atoms with Crippen molar-refractivity contribution in [2.24, 2.45) is 0 Å². The Labute approximate surface area is 161 Å². The van der Waals surface area contributed by atoms with Crippen LogP contribution in [0, 0.1) is 13.8 Å². The number of rotatable bonds is 7. The van der Waals surface area contributed by atoms with Crippen LogP contribution in [0.15, 0.2) is 46.9 Å². The fourth-order valence-electron chi connectivity index (χ4n) is 2.56. The summed E-state index contributed by atoms with van der Waals surface area (Å²) in [5, 5.41) is 6.30. The van der Waals surface area contributed by atoms with Gasteiger partial charge in [0.05, 0.1) is 12.1 Å². The van der Waals surface area contributed by atoms with Gasteiger partial charge in [0.1, 0.15) is 10.6 Å². The van der Waals surface area contributed by atoms with Gasteiger partial charge in [-0.15, -0.1) is 11.3 Å². The van der Waals surface area contributed by atoms with Gasteiger partial charge >= 0.3 is 0 Å². The Morgan fingerprint density at radius 2 is 1.78 bits per heavy atom. The predicted octanol–water partition coefficient (Wildman–Crippen LogP) is 3.11. The van der Waals surface area contributed by atoms with Gasteiger partial charge in [-0.25, -0.2) is 4.98 Å². The smallest absolute Gasteiger partial charge is 0.263 e. The van der Waals surface area contributed by atoms with Crippen LogP contribution in [0.2, 0.25) is 0 Å². The number of benzene rings is 1. The number of aromatic nitrogens is 1. The van der Waals surface area contributed by atoms with Gasteiger partial charge in [0.25, 0.3) is 5.91 Å². The average molecular weight is 383 g/mol. The molecule has 140 valence electrons. The third-order valence-electron chi connectivity index (χ3n) is 3.89. The molecule has 6 nitrogen and oxygen atoms in total. The third-order valence-corrected chi connectivity index (χ3v) is 5.06. The molecule has 0 bridgehead atoms. The molecule has 2 N–H and O–H groups in total. The molecule has 27 heavy (non-hydrogen) atoms. The van der Waals surface area contributed by atoms with E-state index in [1.54, 1.807) is 6.92 Å². The van der Waals surface area contributed by atoms with Crippen molar-refractivity contribution in [3.8, 4) is 10.8 Å². The van der Waals surface area contributed by atoms with Gasteiger partial charge in [-0.3, -0.25) is 9.59 Å². The molecular weight excluding hydrogens is 362 g/mol. The highest BCUT2D eigenvalue weighted by Crippen LogP contribution is 2.29. The summed E-state index contributed by atoms with van der Waals surface area (Å²) in [4.78, 5) is 29.2. The molecule has 0 spiro atoms. The van der Waals surface area contributed by atoms with E-state index in [2.05, 4.69) is 15.6 Å². The first-order chi connectivity index (χ1) is 13.0. The first-order valence-corrected chi connectivity index (χ1v) is 9.47. The Bertz CT molecular complexity index is 931. The van der Waals surface area contributed by atoms with Crippen molar-refractivity contribution in [2.45, 2.75) is 20.3 Å². The number of hydrogen-bond acceptors (Lipinski definition) is 5. The van der Waals surface area contributed by atoms with E-state index >= 15 is 0 Å². The first-order valence-electron chi connectivity index (χ1n) is 8.66. The molecule has 0 radical (unpaired) electrons. The van der Waals surface area contributed by atoms with Gasteiger partial charge in [0.15, 0.2) is 10.8 Å². The first kappa shape index (κ1) is 18.8. The minimum atomic E-state index is -0.197. The van der Waals surface area contributed by atoms with Gasteiger partial charge < -0.3 is 15.1 Å². The van der Waals surface area contributed by atoms with E-state index in [9.17, 15) is 9.59 Å². The van der Waals surface area contributed by atoms with Crippen LogP contribution in [0.5, 0.6) is 0 Å². The lowest BCUT2D eigenvalue weighted by Gasteiger charge is -2.06. The summed E-state index contributed by atoms with van der Waals surface area (Å²) in [7, 11) is 0. The molecule has 2 heterocycles. The highest BCUT2D eigenvalue weighted by atomic mass is 32.1. The van der Waals surface area contributed by atoms with Crippen LogP contribution in [0.25, 0.3) is 10.8 Å². The average Bonchev–Trinajstić information content (AvgIpc) is 3.25. The molecule has 2 amide bonds. The van der Waals surface area contributed by atoms with Crippen molar-refractivity contribution in [2.75, 3.05) is 13.1 Å². The molecule has 0 aliphatic heterocycles. The topological polar surface area (TPSA) is 84.2 Å². The SMILES string of the molecule is Cc1ccc(-c2nc(C)c(C(=O)NCCNC(=O)Cc3ccccc3)s2)o1. The quantitative estimate of drug-likeness (QED) is 0.614. The summed E-state index contributed by atoms with van der Waals surface area (Å²) < 4.78 is 5.56. The number of carbonyl (C=O) groups excluding carboxylic acids is 2. The lowest BCUT2D eigenvalue weighted by Crippen LogP contribution is -2.35. The van der Waals surface area contributed by atoms with Crippen molar-refractivity contribution >= 4 is 23.2 Å². The standard InChI is InChI=1S/C20H21N3O3S/c1-13-8-9-16(26-13)20-23-14(2)18(27-20)19(25)22-11-10-21-17(24)12-15-6-4-3-5-7-15/h3-9H,10-12H2,1-2H3,(H,21,24)(H,22,25). The molecule has 7 heteroatoms. The van der Waals surface area contributed by atoms with Gasteiger partial charge in [-0.2, -0.15) is 0 Å². The van der Waals surface area contributed by atoms with Crippen LogP contribution in [-0.2, 0) is 11.2 Å². The number of furan rings is 1. The summed E-state index contributed by atoms with van der Waals surface area (Å²) in [6.07, 6.45) is 0.328. The van der Waals surface area contributed by atoms with Gasteiger partial charge in [0.2, 0.25) is 5.91 Å². The molecule has 3 rings (SSSR count). The van der Waals surface area contributed by atoms with Crippen LogP contribution in [0.4, 0.5) is 0 Å². The van der Waals surface area contributed by atoms with Crippen molar-refractivity contribution < 1.29 is 14.0 Å². The lowest BCUT2D eigenvalue weighted by atomic mass is 10.1. The largest absolute Gasteiger partial charge is 0.459 e. The summed E-state index contributed by atoms with van der Waals surface area (Å²) >= 11 is 1.30. The van der Waals surface area contributed by atoms with Crippen LogP contribution in [-0.4, -0.2) is 29.9 Å². The second-order valence-electron chi connectivity index (χ2n) is 6.11. The summed E-state index contributed by atoms with van der Waals surface area (Å²) in [6.45, 7) is 4.39. The van der Waals surface area contributed by atoms with Crippen LogP contribution in [0.1, 0.15) is 26.7 Å². The zero-order valence-corrected chi connectivity index (χ0v) is 16.1. The highest BCUT2D eigenvalue weighted by Gasteiger charge is 2.17. The highest BCUT2D eigenvalue weighted by molar-refractivity contribution is 7.17. The summed E-state index contributed by atoms with van der Waals surface area (Å²) in [5.74, 6) is 1.19. The van der Waals surface area contributed by atoms with E-state index in [1.807, 2.05) is 49.4 Å². The fourth-order valence-corrected chi connectivity index (χ4v) is 3.51. The Morgan fingerprint density at radius 3 is 2.48 bits per heavy atom. The van der Waals surface area contributed by atoms with Gasteiger partial charge in [-0.05, 0) is 31.5 Å². The van der Waals surface area contributed by atoms with Crippen molar-refractivity contribution in [3.05, 3.63) is 64.4 Å². The second-order valence-corrected chi connectivity index (χ2v) is 7.11. The normalized spacial score (nSPS) is 10.6. The van der Waals surface area contributed by atoms with E-state index in [1.165, 1.54) is 11.3 Å². The predicted molar refractivity (Wildman–Crippen MR) is 105 cm³/mol. The van der Waals surface area contributed by atoms with Crippen molar-refractivity contribution in [1.29, 1.82) is 0 Å². The number of nitrogens with zero attached hydrogens (tertiary/aromatic N) is 1. The number of carbonyl (C=O) groups is 2. The maximum Gasteiger partial charge on any atom is 0.263 e. The molecule has 0 aliphatic rings. The monoisotopic (exact) mass is 383 g/mol. The minimum Gasteiger partial charge on any atom is -0.459 e. The van der Waals surface area contributed by atoms with Crippen molar-refractivity contribution in [3.63, 3.8) is 0 Å². The van der Waals surface area contributed by atoms with Crippen molar-refractivity contribution in [1.82, 2.24) is 15.6 Å². The zero-order valence-electron chi connectivity index (χ0n) is 15.2. The number of hydrogen-bond donors (Lipinski definition) is 2. The third kappa shape index (κ3) is 5.04. The van der Waals surface area contributed by atoms with E-state index in [0.29, 0.717) is 40.8 Å². The molecule has 0 saturated carbocycles. The number of aryl methyl sites for hydroxylation is 2. The molecule has 3 aromatic rings.